The van der Waals surface area contributed by atoms with Crippen molar-refractivity contribution in [1.29, 1.82) is 0 Å². The minimum atomic E-state index is -0.493. The highest BCUT2D eigenvalue weighted by molar-refractivity contribution is 8.00. The van der Waals surface area contributed by atoms with Crippen molar-refractivity contribution in [1.82, 2.24) is 14.9 Å². The van der Waals surface area contributed by atoms with Crippen molar-refractivity contribution in [3.05, 3.63) is 71.3 Å². The number of anilines is 1. The number of hydrogen-bond donors (Lipinski definition) is 2. The van der Waals surface area contributed by atoms with E-state index in [9.17, 15) is 9.18 Å². The van der Waals surface area contributed by atoms with Gasteiger partial charge in [-0.3, -0.25) is 4.79 Å². The van der Waals surface area contributed by atoms with E-state index >= 15 is 0 Å². The summed E-state index contributed by atoms with van der Waals surface area (Å²) < 4.78 is 15.3. The van der Waals surface area contributed by atoms with Gasteiger partial charge in [-0.15, -0.1) is 10.2 Å². The predicted octanol–water partition coefficient (Wildman–Crippen LogP) is 4.08. The molecule has 2 N–H and O–H groups in total. The topological polar surface area (TPSA) is 71.8 Å². The lowest BCUT2D eigenvalue weighted by atomic mass is 10.0. The van der Waals surface area contributed by atoms with Crippen molar-refractivity contribution in [2.24, 2.45) is 0 Å². The molecule has 0 fully saturated rings. The molecule has 1 aromatic heterocycles. The Hall–Kier alpha value is -2.87. The van der Waals surface area contributed by atoms with Crippen LogP contribution < -0.4 is 10.7 Å². The number of fused-ring (bicyclic) bond motifs is 1. The number of thioether (sulfide) groups is 1. The van der Waals surface area contributed by atoms with Gasteiger partial charge in [-0.05, 0) is 48.7 Å². The molecule has 6 nitrogen and oxygen atoms in total. The average molecular weight is 412 g/mol. The van der Waals surface area contributed by atoms with E-state index in [-0.39, 0.29) is 17.8 Å². The van der Waals surface area contributed by atoms with Gasteiger partial charge in [0.2, 0.25) is 11.1 Å². The van der Waals surface area contributed by atoms with Gasteiger partial charge in [0.1, 0.15) is 11.1 Å². The van der Waals surface area contributed by atoms with Gasteiger partial charge < -0.3 is 10.7 Å². The maximum absolute atomic E-state index is 13.5. The van der Waals surface area contributed by atoms with Crippen molar-refractivity contribution in [2.45, 2.75) is 43.1 Å². The highest BCUT2D eigenvalue weighted by atomic mass is 32.2. The molecule has 0 saturated heterocycles. The first-order chi connectivity index (χ1) is 14.0. The van der Waals surface area contributed by atoms with Crippen LogP contribution in [0.3, 0.4) is 0 Å². The van der Waals surface area contributed by atoms with E-state index in [1.165, 1.54) is 23.9 Å². The summed E-state index contributed by atoms with van der Waals surface area (Å²) in [4.78, 5) is 13.2. The molecule has 0 unspecified atom stereocenters. The molecule has 1 aliphatic rings. The number of carbonyl (C=O) groups excluding carboxylic acids is 1. The van der Waals surface area contributed by atoms with Crippen LogP contribution in [0.25, 0.3) is 0 Å². The van der Waals surface area contributed by atoms with E-state index in [1.54, 1.807) is 12.1 Å². The van der Waals surface area contributed by atoms with Crippen LogP contribution in [0.2, 0.25) is 0 Å². The Morgan fingerprint density at radius 1 is 1.24 bits per heavy atom. The van der Waals surface area contributed by atoms with Crippen LogP contribution in [0.1, 0.15) is 36.3 Å². The molecule has 2 atom stereocenters. The normalized spacial score (nSPS) is 18.0. The van der Waals surface area contributed by atoms with Gasteiger partial charge in [-0.1, -0.05) is 43.0 Å². The molecule has 0 aliphatic carbocycles. The van der Waals surface area contributed by atoms with Gasteiger partial charge in [0.25, 0.3) is 0 Å². The fourth-order valence-electron chi connectivity index (χ4n) is 3.34. The van der Waals surface area contributed by atoms with Crippen LogP contribution >= 0.6 is 11.8 Å². The average Bonchev–Trinajstić information content (AvgIpc) is 3.10. The number of carbonyl (C=O) groups is 1. The predicted molar refractivity (Wildman–Crippen MR) is 112 cm³/mol. The molecule has 0 saturated carbocycles. The van der Waals surface area contributed by atoms with Gasteiger partial charge in [0.15, 0.2) is 5.82 Å². The number of nitrogens with zero attached hydrogens (tertiary/aromatic N) is 3. The van der Waals surface area contributed by atoms with E-state index < -0.39 is 5.25 Å². The van der Waals surface area contributed by atoms with Crippen LogP contribution in [0.5, 0.6) is 0 Å². The summed E-state index contributed by atoms with van der Waals surface area (Å²) >= 11 is 1.36. The molecule has 8 heteroatoms. The number of aryl methyl sites for hydroxylation is 2. The van der Waals surface area contributed by atoms with Crippen molar-refractivity contribution < 1.29 is 9.18 Å². The van der Waals surface area contributed by atoms with Crippen molar-refractivity contribution >= 4 is 23.4 Å². The van der Waals surface area contributed by atoms with Crippen LogP contribution in [-0.4, -0.2) is 26.0 Å². The second kappa shape index (κ2) is 8.24. The fourth-order valence-corrected chi connectivity index (χ4v) is 4.44. The zero-order chi connectivity index (χ0) is 20.4. The van der Waals surface area contributed by atoms with Crippen LogP contribution in [-0.2, 0) is 11.2 Å². The molecule has 2 aromatic carbocycles. The molecule has 150 valence electrons. The molecule has 29 heavy (non-hydrogen) atoms. The molecule has 0 radical (unpaired) electrons. The molecule has 0 bridgehead atoms. The Morgan fingerprint density at radius 2 is 2.03 bits per heavy atom. The smallest absolute Gasteiger partial charge is 0.240 e. The van der Waals surface area contributed by atoms with E-state index in [2.05, 4.69) is 27.9 Å². The molecular weight excluding hydrogens is 389 g/mol. The van der Waals surface area contributed by atoms with E-state index in [0.717, 1.165) is 35.5 Å². The van der Waals surface area contributed by atoms with Crippen LogP contribution in [0, 0.1) is 12.7 Å². The van der Waals surface area contributed by atoms with Gasteiger partial charge in [0, 0.05) is 12.1 Å². The summed E-state index contributed by atoms with van der Waals surface area (Å²) in [5.41, 5.74) is 6.01. The molecule has 0 spiro atoms. The first kappa shape index (κ1) is 19.4. The van der Waals surface area contributed by atoms with Crippen LogP contribution in [0.4, 0.5) is 10.1 Å². The number of aromatic nitrogens is 3. The minimum absolute atomic E-state index is 0.145. The SMILES string of the molecule is CCCc1nnc2n1N[C@H](c1ccc(F)cc1)[C@@H](C(=O)Nc1cccc(C)c1)S2. The van der Waals surface area contributed by atoms with E-state index in [0.29, 0.717) is 5.16 Å². The maximum Gasteiger partial charge on any atom is 0.240 e. The zero-order valence-electron chi connectivity index (χ0n) is 16.2. The fraction of sp³-hybridized carbons (Fsp3) is 0.286. The monoisotopic (exact) mass is 411 g/mol. The quantitative estimate of drug-likeness (QED) is 0.662. The summed E-state index contributed by atoms with van der Waals surface area (Å²) in [5, 5.41) is 11.7. The molecule has 1 aliphatic heterocycles. The summed E-state index contributed by atoms with van der Waals surface area (Å²) in [7, 11) is 0. The van der Waals surface area contributed by atoms with Crippen molar-refractivity contribution in [3.8, 4) is 0 Å². The van der Waals surface area contributed by atoms with E-state index in [4.69, 9.17) is 0 Å². The summed E-state index contributed by atoms with van der Waals surface area (Å²) in [6, 6.07) is 13.5. The molecular formula is C21H22FN5OS. The Morgan fingerprint density at radius 3 is 2.76 bits per heavy atom. The standard InChI is InChI=1S/C21H22FN5OS/c1-3-5-17-24-25-21-27(17)26-18(14-8-10-15(22)11-9-14)19(29-21)20(28)23-16-7-4-6-13(2)12-16/h4,6-12,18-19,26H,3,5H2,1-2H3,(H,23,28)/t18-,19+/m1/s1. The molecule has 4 rings (SSSR count). The van der Waals surface area contributed by atoms with Crippen molar-refractivity contribution in [2.75, 3.05) is 10.7 Å². The molecule has 3 aromatic rings. The van der Waals surface area contributed by atoms with Gasteiger partial charge >= 0.3 is 0 Å². The zero-order valence-corrected chi connectivity index (χ0v) is 17.0. The Kier molecular flexibility index (Phi) is 5.53. The number of halogens is 1. The number of nitrogens with one attached hydrogen (secondary N) is 2. The largest absolute Gasteiger partial charge is 0.325 e. The number of amides is 1. The number of rotatable bonds is 5. The number of benzene rings is 2. The highest BCUT2D eigenvalue weighted by Gasteiger charge is 2.37. The van der Waals surface area contributed by atoms with Gasteiger partial charge in [-0.25, -0.2) is 9.07 Å². The summed E-state index contributed by atoms with van der Waals surface area (Å²) in [5.74, 6) is 0.364. The van der Waals surface area contributed by atoms with Gasteiger partial charge in [-0.2, -0.15) is 0 Å². The Bertz CT molecular complexity index is 1020. The van der Waals surface area contributed by atoms with Crippen molar-refractivity contribution in [3.63, 3.8) is 0 Å². The lowest BCUT2D eigenvalue weighted by molar-refractivity contribution is -0.116. The third-order valence-electron chi connectivity index (χ3n) is 4.75. The second-order valence-corrected chi connectivity index (χ2v) is 8.15. The Balaban J connectivity index is 1.66. The maximum atomic E-state index is 13.5. The van der Waals surface area contributed by atoms with Crippen LogP contribution in [0.15, 0.2) is 53.7 Å². The highest BCUT2D eigenvalue weighted by Crippen LogP contribution is 2.37. The number of hydrogen-bond acceptors (Lipinski definition) is 5. The summed E-state index contributed by atoms with van der Waals surface area (Å²) in [6.07, 6.45) is 1.71. The molecule has 2 heterocycles. The lowest BCUT2D eigenvalue weighted by Crippen LogP contribution is -2.41. The van der Waals surface area contributed by atoms with E-state index in [1.807, 2.05) is 35.9 Å². The third-order valence-corrected chi connectivity index (χ3v) is 5.97. The first-order valence-electron chi connectivity index (χ1n) is 9.55. The lowest BCUT2D eigenvalue weighted by Gasteiger charge is -2.33. The first-order valence-corrected chi connectivity index (χ1v) is 10.4. The molecule has 1 amide bonds. The second-order valence-electron chi connectivity index (χ2n) is 7.04. The van der Waals surface area contributed by atoms with Gasteiger partial charge in [0.05, 0.1) is 6.04 Å². The third kappa shape index (κ3) is 4.12. The summed E-state index contributed by atoms with van der Waals surface area (Å²) in [6.45, 7) is 4.05. The Labute approximate surface area is 172 Å². The minimum Gasteiger partial charge on any atom is -0.325 e.